The summed E-state index contributed by atoms with van der Waals surface area (Å²) in [6.07, 6.45) is 2.95. The number of fused-ring (bicyclic) bond motifs is 1. The fourth-order valence-electron chi connectivity index (χ4n) is 2.99. The molecule has 2 heterocycles. The second-order valence-corrected chi connectivity index (χ2v) is 6.08. The van der Waals surface area contributed by atoms with E-state index in [0.717, 1.165) is 5.56 Å². The number of hydrogen-bond acceptors (Lipinski definition) is 2. The Morgan fingerprint density at radius 1 is 0.964 bits per heavy atom. The lowest BCUT2D eigenvalue weighted by atomic mass is 10.0. The van der Waals surface area contributed by atoms with E-state index in [1.807, 2.05) is 0 Å². The van der Waals surface area contributed by atoms with E-state index >= 15 is 0 Å². The molecule has 1 aliphatic rings. The molecule has 0 amide bonds. The lowest BCUT2D eigenvalue weighted by Crippen LogP contribution is -2.21. The Kier molecular flexibility index (Phi) is 4.02. The lowest BCUT2D eigenvalue weighted by molar-refractivity contribution is 0.373. The number of aromatic nitrogens is 2. The summed E-state index contributed by atoms with van der Waals surface area (Å²) < 4.78 is 68.7. The molecule has 4 nitrogen and oxygen atoms in total. The van der Waals surface area contributed by atoms with Gasteiger partial charge in [-0.25, -0.2) is 26.6 Å². The second kappa shape index (κ2) is 6.29. The Balaban J connectivity index is 1.91. The summed E-state index contributed by atoms with van der Waals surface area (Å²) in [6, 6.07) is 7.11. The standard InChI is InChI=1S/C19H10F5N3O/c1-8-11(6-9-7-25-12-5-3-2-4-10(9)12)19(28)27(26-8)18-16(23)14(21)13(20)15(22)17(18)24/h2-7,26H,1H3. The molecule has 0 fully saturated rings. The van der Waals surface area contributed by atoms with Gasteiger partial charge in [-0.15, -0.1) is 0 Å². The largest absolute Gasteiger partial charge is 0.294 e. The highest BCUT2D eigenvalue weighted by atomic mass is 19.2. The first-order valence-electron chi connectivity index (χ1n) is 8.00. The van der Waals surface area contributed by atoms with Crippen molar-refractivity contribution >= 4 is 23.6 Å². The van der Waals surface area contributed by atoms with Crippen molar-refractivity contribution < 1.29 is 22.0 Å². The molecule has 0 bridgehead atoms. The smallest absolute Gasteiger partial charge is 0.278 e. The van der Waals surface area contributed by atoms with Crippen LogP contribution in [0.5, 0.6) is 0 Å². The van der Waals surface area contributed by atoms with Gasteiger partial charge in [0.05, 0.1) is 11.3 Å². The monoisotopic (exact) mass is 391 g/mol. The van der Waals surface area contributed by atoms with Crippen LogP contribution in [-0.4, -0.2) is 16.0 Å². The first-order chi connectivity index (χ1) is 13.3. The van der Waals surface area contributed by atoms with Crippen molar-refractivity contribution in [1.29, 1.82) is 0 Å². The molecular weight excluding hydrogens is 381 g/mol. The van der Waals surface area contributed by atoms with Crippen molar-refractivity contribution in [3.8, 4) is 5.69 Å². The number of aryl methyl sites for hydroxylation is 1. The third-order valence-corrected chi connectivity index (χ3v) is 4.38. The molecule has 0 spiro atoms. The van der Waals surface area contributed by atoms with Crippen LogP contribution < -0.4 is 5.56 Å². The Labute approximate surface area is 154 Å². The zero-order valence-electron chi connectivity index (χ0n) is 14.2. The van der Waals surface area contributed by atoms with Crippen molar-refractivity contribution in [1.82, 2.24) is 9.78 Å². The molecule has 0 radical (unpaired) electrons. The van der Waals surface area contributed by atoms with E-state index < -0.39 is 40.3 Å². The van der Waals surface area contributed by atoms with Gasteiger partial charge < -0.3 is 0 Å². The molecule has 0 unspecified atom stereocenters. The van der Waals surface area contributed by atoms with E-state index in [-0.39, 0.29) is 11.3 Å². The lowest BCUT2D eigenvalue weighted by Gasteiger charge is -2.08. The maximum atomic E-state index is 14.1. The third-order valence-electron chi connectivity index (χ3n) is 4.38. The molecule has 0 saturated carbocycles. The molecule has 142 valence electrons. The molecule has 28 heavy (non-hydrogen) atoms. The number of aliphatic imine (C=N–C) groups is 1. The third kappa shape index (κ3) is 2.50. The van der Waals surface area contributed by atoms with E-state index in [1.165, 1.54) is 19.2 Å². The van der Waals surface area contributed by atoms with E-state index in [0.29, 0.717) is 15.9 Å². The molecule has 4 rings (SSSR count). The zero-order valence-corrected chi connectivity index (χ0v) is 14.2. The number of rotatable bonds is 2. The van der Waals surface area contributed by atoms with Gasteiger partial charge in [0.15, 0.2) is 23.3 Å². The number of allylic oxidation sites excluding steroid dienone is 1. The highest BCUT2D eigenvalue weighted by molar-refractivity contribution is 6.21. The van der Waals surface area contributed by atoms with Crippen molar-refractivity contribution in [3.05, 3.63) is 80.5 Å². The van der Waals surface area contributed by atoms with Crippen LogP contribution in [0.1, 0.15) is 16.8 Å². The van der Waals surface area contributed by atoms with Crippen molar-refractivity contribution in [2.75, 3.05) is 0 Å². The second-order valence-electron chi connectivity index (χ2n) is 6.08. The molecule has 9 heteroatoms. The summed E-state index contributed by atoms with van der Waals surface area (Å²) in [6.45, 7) is 1.44. The summed E-state index contributed by atoms with van der Waals surface area (Å²) in [4.78, 5) is 16.9. The zero-order chi connectivity index (χ0) is 20.2. The van der Waals surface area contributed by atoms with Gasteiger partial charge in [0.25, 0.3) is 5.56 Å². The summed E-state index contributed by atoms with van der Waals surface area (Å²) in [5.74, 6) is -10.8. The molecule has 3 aromatic rings. The van der Waals surface area contributed by atoms with Crippen molar-refractivity contribution in [3.63, 3.8) is 0 Å². The molecule has 0 aliphatic carbocycles. The first-order valence-corrected chi connectivity index (χ1v) is 8.00. The minimum absolute atomic E-state index is 0.00194. The van der Waals surface area contributed by atoms with Gasteiger partial charge in [0.1, 0.15) is 5.69 Å². The highest BCUT2D eigenvalue weighted by Gasteiger charge is 2.29. The van der Waals surface area contributed by atoms with Crippen LogP contribution in [0.25, 0.3) is 17.3 Å². The number of H-pyrrole nitrogens is 1. The van der Waals surface area contributed by atoms with E-state index in [2.05, 4.69) is 10.1 Å². The number of para-hydroxylation sites is 1. The SMILES string of the molecule is Cc1[nH]n(-c2c(F)c(F)c(F)c(F)c2F)c(=O)c1C=C1C=Nc2ccccc21. The Morgan fingerprint density at radius 3 is 2.25 bits per heavy atom. The highest BCUT2D eigenvalue weighted by Crippen LogP contribution is 2.32. The van der Waals surface area contributed by atoms with Gasteiger partial charge in [-0.1, -0.05) is 18.2 Å². The average Bonchev–Trinajstić information content (AvgIpc) is 3.22. The molecule has 1 N–H and O–H groups in total. The molecular formula is C19H10F5N3O. The van der Waals surface area contributed by atoms with Crippen LogP contribution in [-0.2, 0) is 0 Å². The maximum absolute atomic E-state index is 14.1. The number of hydrogen-bond donors (Lipinski definition) is 1. The fourth-order valence-corrected chi connectivity index (χ4v) is 2.99. The Bertz CT molecular complexity index is 1220. The van der Waals surface area contributed by atoms with E-state index in [9.17, 15) is 26.7 Å². The van der Waals surface area contributed by atoms with Crippen molar-refractivity contribution in [2.45, 2.75) is 6.92 Å². The van der Waals surface area contributed by atoms with Gasteiger partial charge in [0, 0.05) is 23.0 Å². The number of halogens is 5. The number of aromatic amines is 1. The van der Waals surface area contributed by atoms with Gasteiger partial charge in [0.2, 0.25) is 5.82 Å². The maximum Gasteiger partial charge on any atom is 0.278 e. The van der Waals surface area contributed by atoms with Crippen LogP contribution in [0, 0.1) is 36.0 Å². The molecule has 0 saturated heterocycles. The van der Waals surface area contributed by atoms with E-state index in [4.69, 9.17) is 0 Å². The predicted molar refractivity (Wildman–Crippen MR) is 93.4 cm³/mol. The molecule has 1 aliphatic heterocycles. The van der Waals surface area contributed by atoms with Crippen LogP contribution in [0.15, 0.2) is 34.1 Å². The summed E-state index contributed by atoms with van der Waals surface area (Å²) >= 11 is 0. The molecule has 0 atom stereocenters. The van der Waals surface area contributed by atoms with Gasteiger partial charge in [-0.3, -0.25) is 14.9 Å². The number of nitrogens with one attached hydrogen (secondary N) is 1. The van der Waals surface area contributed by atoms with Crippen LogP contribution in [0.4, 0.5) is 27.6 Å². The summed E-state index contributed by atoms with van der Waals surface area (Å²) in [7, 11) is 0. The predicted octanol–water partition coefficient (Wildman–Crippen LogP) is 4.43. The minimum Gasteiger partial charge on any atom is -0.294 e. The normalized spacial score (nSPS) is 14.1. The van der Waals surface area contributed by atoms with Gasteiger partial charge in [-0.2, -0.15) is 0 Å². The minimum atomic E-state index is -2.30. The number of benzene rings is 2. The quantitative estimate of drug-likeness (QED) is 0.392. The average molecular weight is 391 g/mol. The Morgan fingerprint density at radius 2 is 1.57 bits per heavy atom. The van der Waals surface area contributed by atoms with Gasteiger partial charge in [-0.05, 0) is 19.1 Å². The van der Waals surface area contributed by atoms with Crippen molar-refractivity contribution in [2.24, 2.45) is 4.99 Å². The summed E-state index contributed by atoms with van der Waals surface area (Å²) in [5, 5.41) is 2.36. The molecule has 1 aromatic heterocycles. The van der Waals surface area contributed by atoms with Gasteiger partial charge >= 0.3 is 0 Å². The number of nitrogens with zero attached hydrogens (tertiary/aromatic N) is 2. The fraction of sp³-hybridized carbons (Fsp3) is 0.0526. The van der Waals surface area contributed by atoms with E-state index in [1.54, 1.807) is 24.3 Å². The summed E-state index contributed by atoms with van der Waals surface area (Å²) in [5.41, 5.74) is -0.159. The topological polar surface area (TPSA) is 50.1 Å². The van der Waals surface area contributed by atoms with Crippen LogP contribution in [0.3, 0.4) is 0 Å². The first kappa shape index (κ1) is 17.9. The van der Waals surface area contributed by atoms with Crippen LogP contribution in [0.2, 0.25) is 0 Å². The van der Waals surface area contributed by atoms with Crippen LogP contribution >= 0.6 is 0 Å². The Hall–Kier alpha value is -3.49. The molecule has 2 aromatic carbocycles.